The highest BCUT2D eigenvalue weighted by Crippen LogP contribution is 2.08. The third-order valence-electron chi connectivity index (χ3n) is 3.98. The fraction of sp³-hybridized carbons (Fsp3) is 0.353. The van der Waals surface area contributed by atoms with E-state index in [9.17, 15) is 9.59 Å². The lowest BCUT2D eigenvalue weighted by Gasteiger charge is -2.15. The van der Waals surface area contributed by atoms with Crippen LogP contribution in [0.5, 0.6) is 0 Å². The van der Waals surface area contributed by atoms with Crippen LogP contribution in [0.3, 0.4) is 0 Å². The standard InChI is InChI=1S/C17H20N4O2/c22-16(20-9-1-2-10-20)12-18-17(23)15-6-4-14(5-7-15)13-21-11-3-8-19-21/h3-8,11H,1-2,9-10,12-13H2,(H,18,23). The van der Waals surface area contributed by atoms with Gasteiger partial charge in [0, 0.05) is 31.0 Å². The Labute approximate surface area is 135 Å². The maximum atomic E-state index is 12.1. The highest BCUT2D eigenvalue weighted by molar-refractivity contribution is 5.96. The van der Waals surface area contributed by atoms with E-state index in [4.69, 9.17) is 0 Å². The van der Waals surface area contributed by atoms with Gasteiger partial charge in [-0.3, -0.25) is 14.3 Å². The van der Waals surface area contributed by atoms with E-state index in [1.165, 1.54) is 0 Å². The minimum Gasteiger partial charge on any atom is -0.343 e. The number of amides is 2. The highest BCUT2D eigenvalue weighted by atomic mass is 16.2. The number of carbonyl (C=O) groups is 2. The van der Waals surface area contributed by atoms with Crippen molar-refractivity contribution in [3.8, 4) is 0 Å². The summed E-state index contributed by atoms with van der Waals surface area (Å²) in [4.78, 5) is 25.8. The normalized spacial score (nSPS) is 14.0. The van der Waals surface area contributed by atoms with Crippen LogP contribution in [0.15, 0.2) is 42.7 Å². The van der Waals surface area contributed by atoms with E-state index in [1.807, 2.05) is 29.1 Å². The number of nitrogens with zero attached hydrogens (tertiary/aromatic N) is 3. The van der Waals surface area contributed by atoms with Gasteiger partial charge in [-0.1, -0.05) is 12.1 Å². The van der Waals surface area contributed by atoms with Crippen molar-refractivity contribution in [2.75, 3.05) is 19.6 Å². The van der Waals surface area contributed by atoms with Gasteiger partial charge >= 0.3 is 0 Å². The summed E-state index contributed by atoms with van der Waals surface area (Å²) < 4.78 is 1.82. The minimum atomic E-state index is -0.219. The van der Waals surface area contributed by atoms with Crippen molar-refractivity contribution in [3.05, 3.63) is 53.9 Å². The molecule has 1 fully saturated rings. The number of rotatable bonds is 5. The molecular formula is C17H20N4O2. The Morgan fingerprint density at radius 2 is 1.87 bits per heavy atom. The Hall–Kier alpha value is -2.63. The van der Waals surface area contributed by atoms with Gasteiger partial charge in [0.05, 0.1) is 13.1 Å². The van der Waals surface area contributed by atoms with Crippen LogP contribution in [0, 0.1) is 0 Å². The molecular weight excluding hydrogens is 292 g/mol. The molecule has 1 aliphatic heterocycles. The molecule has 23 heavy (non-hydrogen) atoms. The summed E-state index contributed by atoms with van der Waals surface area (Å²) in [7, 11) is 0. The third kappa shape index (κ3) is 3.97. The molecule has 0 unspecified atom stereocenters. The number of nitrogens with one attached hydrogen (secondary N) is 1. The topological polar surface area (TPSA) is 67.2 Å². The summed E-state index contributed by atoms with van der Waals surface area (Å²) in [6, 6.07) is 9.22. The Balaban J connectivity index is 1.52. The molecule has 1 aromatic carbocycles. The molecule has 1 saturated heterocycles. The van der Waals surface area contributed by atoms with Gasteiger partial charge in [0.25, 0.3) is 5.91 Å². The predicted molar refractivity (Wildman–Crippen MR) is 85.9 cm³/mol. The van der Waals surface area contributed by atoms with Crippen molar-refractivity contribution in [1.29, 1.82) is 0 Å². The zero-order valence-corrected chi connectivity index (χ0v) is 12.9. The van der Waals surface area contributed by atoms with Crippen LogP contribution in [-0.4, -0.2) is 46.1 Å². The molecule has 0 radical (unpaired) electrons. The highest BCUT2D eigenvalue weighted by Gasteiger charge is 2.18. The number of aromatic nitrogens is 2. The predicted octanol–water partition coefficient (Wildman–Crippen LogP) is 1.28. The van der Waals surface area contributed by atoms with Crippen molar-refractivity contribution >= 4 is 11.8 Å². The smallest absolute Gasteiger partial charge is 0.251 e. The number of likely N-dealkylation sites (tertiary alicyclic amines) is 1. The number of hydrogen-bond donors (Lipinski definition) is 1. The number of carbonyl (C=O) groups excluding carboxylic acids is 2. The van der Waals surface area contributed by atoms with Gasteiger partial charge < -0.3 is 10.2 Å². The van der Waals surface area contributed by atoms with Gasteiger partial charge in [0.15, 0.2) is 0 Å². The SMILES string of the molecule is O=C(NCC(=O)N1CCCC1)c1ccc(Cn2cccn2)cc1. The molecule has 0 saturated carbocycles. The quantitative estimate of drug-likeness (QED) is 0.904. The van der Waals surface area contributed by atoms with Gasteiger partial charge in [-0.05, 0) is 36.6 Å². The van der Waals surface area contributed by atoms with Crippen LogP contribution in [0.25, 0.3) is 0 Å². The maximum absolute atomic E-state index is 12.1. The second-order valence-corrected chi connectivity index (χ2v) is 5.67. The molecule has 3 rings (SSSR count). The van der Waals surface area contributed by atoms with Gasteiger partial charge in [-0.15, -0.1) is 0 Å². The van der Waals surface area contributed by atoms with E-state index in [-0.39, 0.29) is 18.4 Å². The van der Waals surface area contributed by atoms with Crippen LogP contribution in [0.2, 0.25) is 0 Å². The Morgan fingerprint density at radius 1 is 1.13 bits per heavy atom. The minimum absolute atomic E-state index is 0.00819. The first-order valence-corrected chi connectivity index (χ1v) is 7.85. The van der Waals surface area contributed by atoms with Crippen LogP contribution in [0.4, 0.5) is 0 Å². The van der Waals surface area contributed by atoms with Crippen molar-refractivity contribution in [2.24, 2.45) is 0 Å². The monoisotopic (exact) mass is 312 g/mol. The average molecular weight is 312 g/mol. The van der Waals surface area contributed by atoms with Crippen molar-refractivity contribution < 1.29 is 9.59 Å². The Bertz CT molecular complexity index is 658. The van der Waals surface area contributed by atoms with Crippen molar-refractivity contribution in [2.45, 2.75) is 19.4 Å². The van der Waals surface area contributed by atoms with E-state index in [0.29, 0.717) is 12.1 Å². The zero-order valence-electron chi connectivity index (χ0n) is 12.9. The first-order valence-electron chi connectivity index (χ1n) is 7.85. The molecule has 0 aliphatic carbocycles. The Morgan fingerprint density at radius 3 is 2.52 bits per heavy atom. The maximum Gasteiger partial charge on any atom is 0.251 e. The van der Waals surface area contributed by atoms with E-state index in [1.54, 1.807) is 23.2 Å². The first-order chi connectivity index (χ1) is 11.2. The van der Waals surface area contributed by atoms with Gasteiger partial charge in [-0.25, -0.2) is 0 Å². The fourth-order valence-electron chi connectivity index (χ4n) is 2.68. The lowest BCUT2D eigenvalue weighted by molar-refractivity contribution is -0.129. The molecule has 1 aliphatic rings. The van der Waals surface area contributed by atoms with E-state index >= 15 is 0 Å². The summed E-state index contributed by atoms with van der Waals surface area (Å²) >= 11 is 0. The van der Waals surface area contributed by atoms with E-state index in [0.717, 1.165) is 31.5 Å². The average Bonchev–Trinajstić information content (AvgIpc) is 3.26. The third-order valence-corrected chi connectivity index (χ3v) is 3.98. The number of hydrogen-bond acceptors (Lipinski definition) is 3. The van der Waals surface area contributed by atoms with E-state index in [2.05, 4.69) is 10.4 Å². The summed E-state index contributed by atoms with van der Waals surface area (Å²) in [6.07, 6.45) is 5.73. The molecule has 2 aromatic rings. The molecule has 1 N–H and O–H groups in total. The molecule has 1 aromatic heterocycles. The van der Waals surface area contributed by atoms with Crippen LogP contribution >= 0.6 is 0 Å². The summed E-state index contributed by atoms with van der Waals surface area (Å²) in [5.74, 6) is -0.227. The summed E-state index contributed by atoms with van der Waals surface area (Å²) in [6.45, 7) is 2.34. The van der Waals surface area contributed by atoms with Crippen molar-refractivity contribution in [1.82, 2.24) is 20.0 Å². The first kappa shape index (κ1) is 15.3. The van der Waals surface area contributed by atoms with Gasteiger partial charge in [-0.2, -0.15) is 5.10 Å². The zero-order chi connectivity index (χ0) is 16.1. The van der Waals surface area contributed by atoms with Gasteiger partial charge in [0.2, 0.25) is 5.91 Å². The van der Waals surface area contributed by atoms with Crippen LogP contribution in [0.1, 0.15) is 28.8 Å². The lowest BCUT2D eigenvalue weighted by atomic mass is 10.1. The van der Waals surface area contributed by atoms with Crippen LogP contribution in [-0.2, 0) is 11.3 Å². The van der Waals surface area contributed by atoms with Gasteiger partial charge in [0.1, 0.15) is 0 Å². The molecule has 0 bridgehead atoms. The largest absolute Gasteiger partial charge is 0.343 e. The molecule has 6 nitrogen and oxygen atoms in total. The second kappa shape index (κ2) is 7.09. The van der Waals surface area contributed by atoms with Crippen molar-refractivity contribution in [3.63, 3.8) is 0 Å². The Kier molecular flexibility index (Phi) is 4.71. The van der Waals surface area contributed by atoms with Crippen LogP contribution < -0.4 is 5.32 Å². The fourth-order valence-corrected chi connectivity index (χ4v) is 2.68. The lowest BCUT2D eigenvalue weighted by Crippen LogP contribution is -2.38. The molecule has 0 spiro atoms. The number of benzene rings is 1. The molecule has 2 heterocycles. The summed E-state index contributed by atoms with van der Waals surface area (Å²) in [5.41, 5.74) is 1.63. The summed E-state index contributed by atoms with van der Waals surface area (Å²) in [5, 5.41) is 6.84. The second-order valence-electron chi connectivity index (χ2n) is 5.67. The van der Waals surface area contributed by atoms with E-state index < -0.39 is 0 Å². The molecule has 0 atom stereocenters. The molecule has 2 amide bonds. The molecule has 6 heteroatoms. The molecule has 120 valence electrons.